The second-order valence-electron chi connectivity index (χ2n) is 14.1. The van der Waals surface area contributed by atoms with Crippen LogP contribution in [0.25, 0.3) is 0 Å². The van der Waals surface area contributed by atoms with E-state index in [0.29, 0.717) is 6.42 Å². The lowest BCUT2D eigenvalue weighted by molar-refractivity contribution is -0.147. The molecule has 1 atom stereocenters. The van der Waals surface area contributed by atoms with E-state index in [4.69, 9.17) is 9.84 Å². The molecular formula is C46H80O4. The Kier molecular flexibility index (Phi) is 39.1. The molecule has 4 heteroatoms. The highest BCUT2D eigenvalue weighted by Crippen LogP contribution is 2.16. The highest BCUT2D eigenvalue weighted by molar-refractivity contribution is 5.69. The molecule has 4 nitrogen and oxygen atoms in total. The van der Waals surface area contributed by atoms with E-state index in [-0.39, 0.29) is 18.5 Å². The molecule has 0 rings (SSSR count). The SMILES string of the molecule is CC/C=C\C/C=C\C/C=C\C/C=C\C(CCCCCCCC(=O)O)OC(=O)CCCCCCCCCCC/C=C\CCCCCCCCCC. The molecule has 0 saturated heterocycles. The molecule has 0 aliphatic carbocycles. The number of carbonyl (C=O) groups is 2. The van der Waals surface area contributed by atoms with Crippen molar-refractivity contribution in [1.82, 2.24) is 0 Å². The number of carboxylic acid groups (broad SMARTS) is 1. The van der Waals surface area contributed by atoms with Crippen molar-refractivity contribution in [2.45, 2.75) is 219 Å². The van der Waals surface area contributed by atoms with E-state index in [1.165, 1.54) is 109 Å². The zero-order valence-corrected chi connectivity index (χ0v) is 32.9. The fraction of sp³-hybridized carbons (Fsp3) is 0.739. The van der Waals surface area contributed by atoms with E-state index in [0.717, 1.165) is 77.0 Å². The van der Waals surface area contributed by atoms with Gasteiger partial charge in [0.25, 0.3) is 0 Å². The van der Waals surface area contributed by atoms with Gasteiger partial charge in [-0.05, 0) is 83.1 Å². The van der Waals surface area contributed by atoms with Crippen molar-refractivity contribution in [3.05, 3.63) is 60.8 Å². The number of allylic oxidation sites excluding steroid dienone is 9. The van der Waals surface area contributed by atoms with Crippen molar-refractivity contribution < 1.29 is 19.4 Å². The fourth-order valence-electron chi connectivity index (χ4n) is 6.09. The maximum atomic E-state index is 12.7. The normalized spacial score (nSPS) is 12.8. The van der Waals surface area contributed by atoms with Crippen LogP contribution < -0.4 is 0 Å². The number of hydrogen-bond acceptors (Lipinski definition) is 3. The largest absolute Gasteiger partial charge is 0.481 e. The second-order valence-corrected chi connectivity index (χ2v) is 14.1. The highest BCUT2D eigenvalue weighted by Gasteiger charge is 2.11. The lowest BCUT2D eigenvalue weighted by atomic mass is 10.0. The first-order chi connectivity index (χ1) is 24.6. The summed E-state index contributed by atoms with van der Waals surface area (Å²) < 4.78 is 5.90. The number of unbranched alkanes of at least 4 members (excludes halogenated alkanes) is 21. The van der Waals surface area contributed by atoms with Gasteiger partial charge in [-0.3, -0.25) is 9.59 Å². The van der Waals surface area contributed by atoms with Gasteiger partial charge >= 0.3 is 11.9 Å². The Labute approximate surface area is 310 Å². The van der Waals surface area contributed by atoms with Gasteiger partial charge in [-0.2, -0.15) is 0 Å². The minimum absolute atomic E-state index is 0.0780. The van der Waals surface area contributed by atoms with Crippen LogP contribution in [-0.2, 0) is 14.3 Å². The molecule has 0 spiro atoms. The molecule has 0 saturated carbocycles. The molecule has 0 aromatic heterocycles. The Balaban J connectivity index is 4.02. The van der Waals surface area contributed by atoms with Crippen LogP contribution >= 0.6 is 0 Å². The van der Waals surface area contributed by atoms with Gasteiger partial charge in [-0.25, -0.2) is 0 Å². The summed E-state index contributed by atoms with van der Waals surface area (Å²) >= 11 is 0. The average molecular weight is 697 g/mol. The summed E-state index contributed by atoms with van der Waals surface area (Å²) in [4.78, 5) is 23.4. The van der Waals surface area contributed by atoms with Crippen molar-refractivity contribution in [2.24, 2.45) is 0 Å². The molecule has 0 aliphatic rings. The topological polar surface area (TPSA) is 63.6 Å². The van der Waals surface area contributed by atoms with Gasteiger partial charge < -0.3 is 9.84 Å². The van der Waals surface area contributed by atoms with Crippen LogP contribution in [0.1, 0.15) is 213 Å². The summed E-state index contributed by atoms with van der Waals surface area (Å²) in [6.45, 7) is 4.43. The zero-order chi connectivity index (χ0) is 36.4. The van der Waals surface area contributed by atoms with Gasteiger partial charge in [0, 0.05) is 12.8 Å². The Morgan fingerprint density at radius 3 is 1.40 bits per heavy atom. The van der Waals surface area contributed by atoms with Crippen LogP contribution in [0.15, 0.2) is 60.8 Å². The Morgan fingerprint density at radius 1 is 0.480 bits per heavy atom. The van der Waals surface area contributed by atoms with E-state index in [9.17, 15) is 9.59 Å². The van der Waals surface area contributed by atoms with Gasteiger partial charge in [0.15, 0.2) is 0 Å². The first kappa shape index (κ1) is 47.6. The lowest BCUT2D eigenvalue weighted by Gasteiger charge is -2.14. The maximum Gasteiger partial charge on any atom is 0.306 e. The van der Waals surface area contributed by atoms with Crippen LogP contribution in [-0.4, -0.2) is 23.1 Å². The fourth-order valence-corrected chi connectivity index (χ4v) is 6.09. The molecule has 0 fully saturated rings. The first-order valence-corrected chi connectivity index (χ1v) is 21.3. The van der Waals surface area contributed by atoms with Crippen molar-refractivity contribution in [3.8, 4) is 0 Å². The minimum Gasteiger partial charge on any atom is -0.481 e. The van der Waals surface area contributed by atoms with Crippen molar-refractivity contribution in [3.63, 3.8) is 0 Å². The number of carboxylic acids is 1. The number of aliphatic carboxylic acids is 1. The molecule has 0 bridgehead atoms. The molecular weight excluding hydrogens is 617 g/mol. The summed E-state index contributed by atoms with van der Waals surface area (Å²) in [7, 11) is 0. The summed E-state index contributed by atoms with van der Waals surface area (Å²) in [5.74, 6) is -0.796. The van der Waals surface area contributed by atoms with E-state index in [2.05, 4.69) is 74.6 Å². The number of ether oxygens (including phenoxy) is 1. The molecule has 50 heavy (non-hydrogen) atoms. The van der Waals surface area contributed by atoms with Crippen LogP contribution in [0.4, 0.5) is 0 Å². The van der Waals surface area contributed by atoms with Gasteiger partial charge in [0.2, 0.25) is 0 Å². The third kappa shape index (κ3) is 40.1. The van der Waals surface area contributed by atoms with Gasteiger partial charge in [0.05, 0.1) is 0 Å². The van der Waals surface area contributed by atoms with Crippen LogP contribution in [0.2, 0.25) is 0 Å². The second kappa shape index (κ2) is 41.1. The van der Waals surface area contributed by atoms with Crippen molar-refractivity contribution in [1.29, 1.82) is 0 Å². The van der Waals surface area contributed by atoms with Crippen LogP contribution in [0.5, 0.6) is 0 Å². The number of hydrogen-bond donors (Lipinski definition) is 1. The summed E-state index contributed by atoms with van der Waals surface area (Å²) in [5.41, 5.74) is 0. The van der Waals surface area contributed by atoms with E-state index < -0.39 is 5.97 Å². The number of esters is 1. The molecule has 0 aromatic carbocycles. The standard InChI is InChI=1S/C46H80O4/c1-3-5-7-9-11-13-15-16-17-18-19-20-21-22-23-24-26-28-30-35-39-43-46(49)50-44(41-37-33-31-34-38-42-45(47)48)40-36-32-29-27-25-14-12-10-8-6-4-2/h6,8,12,14,18-19,27,29,36,40,44H,3-5,7,9-11,13,15-17,20-26,28,30-35,37-39,41-43H2,1-2H3,(H,47,48)/b8-6-,14-12-,19-18-,29-27-,40-36-. The monoisotopic (exact) mass is 697 g/mol. The van der Waals surface area contributed by atoms with E-state index >= 15 is 0 Å². The van der Waals surface area contributed by atoms with Crippen LogP contribution in [0, 0.1) is 0 Å². The highest BCUT2D eigenvalue weighted by atomic mass is 16.5. The Bertz CT molecular complexity index is 881. The average Bonchev–Trinajstić information content (AvgIpc) is 3.10. The minimum atomic E-state index is -0.718. The van der Waals surface area contributed by atoms with Gasteiger partial charge in [-0.15, -0.1) is 0 Å². The molecule has 0 heterocycles. The van der Waals surface area contributed by atoms with Gasteiger partial charge in [0.1, 0.15) is 6.10 Å². The smallest absolute Gasteiger partial charge is 0.306 e. The first-order valence-electron chi connectivity index (χ1n) is 21.3. The lowest BCUT2D eigenvalue weighted by Crippen LogP contribution is -2.16. The third-order valence-electron chi connectivity index (χ3n) is 9.21. The summed E-state index contributed by atoms with van der Waals surface area (Å²) in [6, 6.07) is 0. The third-order valence-corrected chi connectivity index (χ3v) is 9.21. The predicted molar refractivity (Wildman–Crippen MR) is 218 cm³/mol. The predicted octanol–water partition coefficient (Wildman–Crippen LogP) is 14.9. The zero-order valence-electron chi connectivity index (χ0n) is 32.9. The van der Waals surface area contributed by atoms with Gasteiger partial charge in [-0.1, -0.05) is 178 Å². The van der Waals surface area contributed by atoms with Crippen molar-refractivity contribution >= 4 is 11.9 Å². The molecule has 288 valence electrons. The molecule has 0 aliphatic heterocycles. The Morgan fingerprint density at radius 2 is 0.900 bits per heavy atom. The molecule has 1 unspecified atom stereocenters. The molecule has 0 aromatic rings. The van der Waals surface area contributed by atoms with Crippen molar-refractivity contribution in [2.75, 3.05) is 0 Å². The Hall–Kier alpha value is -2.36. The quantitative estimate of drug-likeness (QED) is 0.0396. The molecule has 1 N–H and O–H groups in total. The van der Waals surface area contributed by atoms with Crippen LogP contribution in [0.3, 0.4) is 0 Å². The molecule has 0 radical (unpaired) electrons. The summed E-state index contributed by atoms with van der Waals surface area (Å²) in [5, 5.41) is 8.82. The summed E-state index contributed by atoms with van der Waals surface area (Å²) in [6.07, 6.45) is 57.0. The molecule has 0 amide bonds. The van der Waals surface area contributed by atoms with E-state index in [1.54, 1.807) is 0 Å². The number of carbonyl (C=O) groups excluding carboxylic acids is 1. The maximum absolute atomic E-state index is 12.7. The van der Waals surface area contributed by atoms with E-state index in [1.807, 2.05) is 0 Å². The number of rotatable bonds is 38.